The van der Waals surface area contributed by atoms with Crippen LogP contribution in [0.2, 0.25) is 0 Å². The molecule has 0 saturated carbocycles. The second kappa shape index (κ2) is 3.97. The summed E-state index contributed by atoms with van der Waals surface area (Å²) >= 11 is 2.91. The molecule has 0 atom stereocenters. The summed E-state index contributed by atoms with van der Waals surface area (Å²) in [5, 5.41) is 9.18. The number of nitrogens with two attached hydrogens (primary N) is 1. The zero-order valence-corrected chi connectivity index (χ0v) is 8.05. The molecule has 1 heterocycles. The average molecular weight is 253 g/mol. The zero-order chi connectivity index (χ0) is 10.0. The molecule has 0 aliphatic rings. The normalized spacial score (nSPS) is 10.8. The van der Waals surface area contributed by atoms with Gasteiger partial charge in [0.25, 0.3) is 6.43 Å². The Balaban J connectivity index is 3.27. The van der Waals surface area contributed by atoms with Crippen LogP contribution in [0, 0.1) is 0 Å². The summed E-state index contributed by atoms with van der Waals surface area (Å²) in [6.07, 6.45) is -1.71. The number of aromatic nitrogens is 1. The summed E-state index contributed by atoms with van der Waals surface area (Å²) < 4.78 is 24.6. The van der Waals surface area contributed by atoms with Crippen LogP contribution in [0.3, 0.4) is 0 Å². The molecule has 0 spiro atoms. The van der Waals surface area contributed by atoms with Crippen molar-refractivity contribution in [2.75, 3.05) is 0 Å². The van der Waals surface area contributed by atoms with Gasteiger partial charge in [-0.25, -0.2) is 8.78 Å². The second-order valence-electron chi connectivity index (χ2n) is 2.33. The van der Waals surface area contributed by atoms with Crippen LogP contribution in [0.15, 0.2) is 10.7 Å². The van der Waals surface area contributed by atoms with Crippen LogP contribution in [0.4, 0.5) is 8.78 Å². The van der Waals surface area contributed by atoms with E-state index in [1.165, 1.54) is 0 Å². The van der Waals surface area contributed by atoms with Crippen LogP contribution in [-0.4, -0.2) is 10.1 Å². The van der Waals surface area contributed by atoms with E-state index in [0.717, 1.165) is 6.20 Å². The van der Waals surface area contributed by atoms with E-state index in [0.29, 0.717) is 0 Å². The Morgan fingerprint density at radius 2 is 2.23 bits per heavy atom. The highest BCUT2D eigenvalue weighted by atomic mass is 79.9. The Morgan fingerprint density at radius 3 is 2.69 bits per heavy atom. The molecule has 0 unspecified atom stereocenters. The number of pyridine rings is 1. The molecule has 13 heavy (non-hydrogen) atoms. The van der Waals surface area contributed by atoms with Crippen molar-refractivity contribution < 1.29 is 13.9 Å². The fraction of sp³-hybridized carbons (Fsp3) is 0.286. The molecule has 0 fully saturated rings. The lowest BCUT2D eigenvalue weighted by Gasteiger charge is -2.08. The van der Waals surface area contributed by atoms with Crippen LogP contribution < -0.4 is 5.73 Å². The maximum absolute atomic E-state index is 12.3. The highest BCUT2D eigenvalue weighted by molar-refractivity contribution is 9.10. The molecule has 3 N–H and O–H groups in total. The first-order valence-electron chi connectivity index (χ1n) is 3.42. The molecule has 72 valence electrons. The van der Waals surface area contributed by atoms with Crippen molar-refractivity contribution in [3.63, 3.8) is 0 Å². The van der Waals surface area contributed by atoms with Gasteiger partial charge in [-0.15, -0.1) is 0 Å². The van der Waals surface area contributed by atoms with Gasteiger partial charge in [-0.1, -0.05) is 0 Å². The molecule has 0 bridgehead atoms. The largest absolute Gasteiger partial charge is 0.506 e. The minimum atomic E-state index is -2.68. The van der Waals surface area contributed by atoms with E-state index in [4.69, 9.17) is 5.73 Å². The van der Waals surface area contributed by atoms with Crippen molar-refractivity contribution >= 4 is 15.9 Å². The minimum absolute atomic E-state index is 0.0192. The van der Waals surface area contributed by atoms with Crippen LogP contribution in [-0.2, 0) is 6.54 Å². The van der Waals surface area contributed by atoms with Gasteiger partial charge in [0, 0.05) is 12.1 Å². The molecule has 0 aliphatic heterocycles. The number of alkyl halides is 2. The van der Waals surface area contributed by atoms with E-state index in [1.54, 1.807) is 0 Å². The Bertz CT molecular complexity index is 320. The molecule has 1 rings (SSSR count). The SMILES string of the molecule is NCc1c(O)cnc(C(F)F)c1Br. The van der Waals surface area contributed by atoms with E-state index >= 15 is 0 Å². The topological polar surface area (TPSA) is 59.1 Å². The van der Waals surface area contributed by atoms with Gasteiger partial charge >= 0.3 is 0 Å². The van der Waals surface area contributed by atoms with Crippen molar-refractivity contribution in [2.45, 2.75) is 13.0 Å². The van der Waals surface area contributed by atoms with Crippen molar-refractivity contribution in [3.05, 3.63) is 21.9 Å². The molecule has 0 aliphatic carbocycles. The van der Waals surface area contributed by atoms with Crippen LogP contribution in [0.1, 0.15) is 17.7 Å². The van der Waals surface area contributed by atoms with Gasteiger partial charge < -0.3 is 10.8 Å². The van der Waals surface area contributed by atoms with Gasteiger partial charge in [-0.3, -0.25) is 4.98 Å². The van der Waals surface area contributed by atoms with Crippen molar-refractivity contribution in [1.29, 1.82) is 0 Å². The van der Waals surface area contributed by atoms with Crippen LogP contribution in [0.5, 0.6) is 5.75 Å². The molecule has 0 radical (unpaired) electrons. The zero-order valence-electron chi connectivity index (χ0n) is 6.47. The fourth-order valence-electron chi connectivity index (χ4n) is 0.879. The summed E-state index contributed by atoms with van der Waals surface area (Å²) in [6.45, 7) is -0.0192. The standard InChI is InChI=1S/C7H7BrF2N2O/c8-5-3(1-11)4(13)2-12-6(5)7(9)10/h2,7,13H,1,11H2. The number of halogens is 3. The average Bonchev–Trinajstić information content (AvgIpc) is 2.04. The van der Waals surface area contributed by atoms with Gasteiger partial charge in [0.1, 0.15) is 11.4 Å². The van der Waals surface area contributed by atoms with E-state index < -0.39 is 12.1 Å². The van der Waals surface area contributed by atoms with Gasteiger partial charge in [-0.05, 0) is 15.9 Å². The van der Waals surface area contributed by atoms with Crippen molar-refractivity contribution in [2.24, 2.45) is 5.73 Å². The number of nitrogens with zero attached hydrogens (tertiary/aromatic N) is 1. The van der Waals surface area contributed by atoms with Gasteiger partial charge in [0.2, 0.25) is 0 Å². The molecular formula is C7H7BrF2N2O. The maximum atomic E-state index is 12.3. The maximum Gasteiger partial charge on any atom is 0.281 e. The Kier molecular flexibility index (Phi) is 3.16. The molecule has 6 heteroatoms. The first kappa shape index (κ1) is 10.3. The second-order valence-corrected chi connectivity index (χ2v) is 3.12. The highest BCUT2D eigenvalue weighted by Gasteiger charge is 2.17. The number of hydrogen-bond donors (Lipinski definition) is 2. The lowest BCUT2D eigenvalue weighted by Crippen LogP contribution is -2.02. The highest BCUT2D eigenvalue weighted by Crippen LogP contribution is 2.32. The fourth-order valence-corrected chi connectivity index (χ4v) is 1.52. The Labute approximate surface area is 81.7 Å². The predicted octanol–water partition coefficient (Wildman–Crippen LogP) is 1.95. The van der Waals surface area contributed by atoms with Gasteiger partial charge in [-0.2, -0.15) is 0 Å². The van der Waals surface area contributed by atoms with Gasteiger partial charge in [0.15, 0.2) is 0 Å². The summed E-state index contributed by atoms with van der Waals surface area (Å²) in [5.74, 6) is -0.182. The molecule has 0 saturated heterocycles. The number of hydrogen-bond acceptors (Lipinski definition) is 3. The van der Waals surface area contributed by atoms with Gasteiger partial charge in [0.05, 0.1) is 10.7 Å². The Hall–Kier alpha value is -0.750. The van der Waals surface area contributed by atoms with Crippen molar-refractivity contribution in [3.8, 4) is 5.75 Å². The monoisotopic (exact) mass is 252 g/mol. The summed E-state index contributed by atoms with van der Waals surface area (Å²) in [7, 11) is 0. The van der Waals surface area contributed by atoms with E-state index in [9.17, 15) is 13.9 Å². The van der Waals surface area contributed by atoms with E-state index in [2.05, 4.69) is 20.9 Å². The van der Waals surface area contributed by atoms with E-state index in [-0.39, 0.29) is 22.3 Å². The third-order valence-electron chi connectivity index (χ3n) is 1.54. The summed E-state index contributed by atoms with van der Waals surface area (Å²) in [4.78, 5) is 3.38. The summed E-state index contributed by atoms with van der Waals surface area (Å²) in [5.41, 5.74) is 5.09. The molecule has 0 amide bonds. The lowest BCUT2D eigenvalue weighted by atomic mass is 10.2. The third-order valence-corrected chi connectivity index (χ3v) is 2.42. The first-order valence-corrected chi connectivity index (χ1v) is 4.21. The quantitative estimate of drug-likeness (QED) is 0.846. The smallest absolute Gasteiger partial charge is 0.281 e. The molecule has 1 aromatic heterocycles. The van der Waals surface area contributed by atoms with Crippen molar-refractivity contribution in [1.82, 2.24) is 4.98 Å². The minimum Gasteiger partial charge on any atom is -0.506 e. The predicted molar refractivity (Wildman–Crippen MR) is 46.5 cm³/mol. The molecule has 0 aromatic carbocycles. The first-order chi connectivity index (χ1) is 6.07. The lowest BCUT2D eigenvalue weighted by molar-refractivity contribution is 0.145. The summed E-state index contributed by atoms with van der Waals surface area (Å²) in [6, 6.07) is 0. The molecular weight excluding hydrogens is 246 g/mol. The number of rotatable bonds is 2. The van der Waals surface area contributed by atoms with Crippen LogP contribution in [0.25, 0.3) is 0 Å². The Morgan fingerprint density at radius 1 is 1.62 bits per heavy atom. The van der Waals surface area contributed by atoms with Crippen LogP contribution >= 0.6 is 15.9 Å². The molecule has 3 nitrogen and oxygen atoms in total. The third kappa shape index (κ3) is 1.94. The molecule has 1 aromatic rings. The van der Waals surface area contributed by atoms with E-state index in [1.807, 2.05) is 0 Å². The number of aromatic hydroxyl groups is 1.